The molecule has 0 unspecified atom stereocenters. The SMILES string of the molecule is CC(C)Cn1c(=O)c(C(N)=O)c(O)c2c(-c3cc(F)c(N4CCN(C)CC4)c(F)c3)cccc21. The van der Waals surface area contributed by atoms with E-state index in [9.17, 15) is 14.7 Å². The predicted molar refractivity (Wildman–Crippen MR) is 128 cm³/mol. The molecule has 0 saturated carbocycles. The first kappa shape index (κ1) is 23.7. The number of rotatable bonds is 5. The third-order valence-corrected chi connectivity index (χ3v) is 6.21. The number of aromatic hydroxyl groups is 1. The van der Waals surface area contributed by atoms with E-state index in [4.69, 9.17) is 5.73 Å². The highest BCUT2D eigenvalue weighted by Crippen LogP contribution is 2.38. The second-order valence-corrected chi connectivity index (χ2v) is 9.18. The zero-order chi connectivity index (χ0) is 24.7. The lowest BCUT2D eigenvalue weighted by Gasteiger charge is -2.34. The molecule has 2 heterocycles. The van der Waals surface area contributed by atoms with E-state index in [-0.39, 0.29) is 34.7 Å². The maximum Gasteiger partial charge on any atom is 0.267 e. The molecule has 3 aromatic rings. The first-order valence-corrected chi connectivity index (χ1v) is 11.2. The minimum Gasteiger partial charge on any atom is -0.506 e. The van der Waals surface area contributed by atoms with Crippen molar-refractivity contribution in [3.8, 4) is 16.9 Å². The lowest BCUT2D eigenvalue weighted by molar-refractivity contribution is 0.0996. The molecule has 0 radical (unpaired) electrons. The van der Waals surface area contributed by atoms with Crippen molar-refractivity contribution in [3.63, 3.8) is 0 Å². The van der Waals surface area contributed by atoms with Gasteiger partial charge >= 0.3 is 0 Å². The number of hydrogen-bond acceptors (Lipinski definition) is 5. The molecule has 3 N–H and O–H groups in total. The Bertz CT molecular complexity index is 1300. The van der Waals surface area contributed by atoms with Crippen LogP contribution in [0.4, 0.5) is 14.5 Å². The van der Waals surface area contributed by atoms with E-state index in [0.717, 1.165) is 0 Å². The lowest BCUT2D eigenvalue weighted by atomic mass is 9.97. The van der Waals surface area contributed by atoms with Crippen LogP contribution in [-0.4, -0.2) is 53.7 Å². The number of pyridine rings is 1. The second-order valence-electron chi connectivity index (χ2n) is 9.18. The van der Waals surface area contributed by atoms with Gasteiger partial charge in [-0.15, -0.1) is 0 Å². The number of piperazine rings is 1. The fourth-order valence-corrected chi connectivity index (χ4v) is 4.55. The molecule has 34 heavy (non-hydrogen) atoms. The van der Waals surface area contributed by atoms with Gasteiger partial charge in [0.15, 0.2) is 0 Å². The van der Waals surface area contributed by atoms with Crippen molar-refractivity contribution in [2.24, 2.45) is 11.7 Å². The van der Waals surface area contributed by atoms with E-state index >= 15 is 8.78 Å². The Kier molecular flexibility index (Phi) is 6.31. The summed E-state index contributed by atoms with van der Waals surface area (Å²) in [7, 11) is 1.96. The number of fused-ring (bicyclic) bond motifs is 1. The molecule has 9 heteroatoms. The maximum atomic E-state index is 15.2. The Morgan fingerprint density at radius 2 is 1.74 bits per heavy atom. The zero-order valence-corrected chi connectivity index (χ0v) is 19.4. The molecule has 1 aromatic heterocycles. The zero-order valence-electron chi connectivity index (χ0n) is 19.4. The maximum absolute atomic E-state index is 15.2. The molecule has 180 valence electrons. The normalized spacial score (nSPS) is 14.8. The van der Waals surface area contributed by atoms with Crippen molar-refractivity contribution in [3.05, 3.63) is 57.9 Å². The van der Waals surface area contributed by atoms with E-state index in [1.165, 1.54) is 16.7 Å². The number of likely N-dealkylation sites (N-methyl/N-ethyl adjacent to an activating group) is 1. The number of anilines is 1. The largest absolute Gasteiger partial charge is 0.506 e. The van der Waals surface area contributed by atoms with Crippen LogP contribution in [0.3, 0.4) is 0 Å². The number of halogens is 2. The number of carbonyl (C=O) groups excluding carboxylic acids is 1. The van der Waals surface area contributed by atoms with Crippen molar-refractivity contribution in [2.75, 3.05) is 38.1 Å². The average molecular weight is 471 g/mol. The number of hydrogen-bond donors (Lipinski definition) is 2. The molecule has 0 bridgehead atoms. The van der Waals surface area contributed by atoms with Crippen LogP contribution < -0.4 is 16.2 Å². The summed E-state index contributed by atoms with van der Waals surface area (Å²) in [5.41, 5.74) is 4.90. The van der Waals surface area contributed by atoms with Crippen LogP contribution in [0.25, 0.3) is 22.0 Å². The topological polar surface area (TPSA) is 91.8 Å². The van der Waals surface area contributed by atoms with Gasteiger partial charge < -0.3 is 25.2 Å². The summed E-state index contributed by atoms with van der Waals surface area (Å²) in [4.78, 5) is 28.8. The van der Waals surface area contributed by atoms with Gasteiger partial charge in [-0.2, -0.15) is 0 Å². The summed E-state index contributed by atoms with van der Waals surface area (Å²) >= 11 is 0. The highest BCUT2D eigenvalue weighted by atomic mass is 19.1. The Morgan fingerprint density at radius 3 is 2.29 bits per heavy atom. The summed E-state index contributed by atoms with van der Waals surface area (Å²) < 4.78 is 31.8. The van der Waals surface area contributed by atoms with Gasteiger partial charge in [-0.25, -0.2) is 8.78 Å². The minimum atomic E-state index is -1.07. The molecule has 0 spiro atoms. The van der Waals surface area contributed by atoms with Gasteiger partial charge in [0.05, 0.1) is 5.52 Å². The smallest absolute Gasteiger partial charge is 0.267 e. The number of benzene rings is 2. The monoisotopic (exact) mass is 470 g/mol. The summed E-state index contributed by atoms with van der Waals surface area (Å²) in [6, 6.07) is 7.28. The Hall–Kier alpha value is -3.46. The Balaban J connectivity index is 1.94. The lowest BCUT2D eigenvalue weighted by Crippen LogP contribution is -2.45. The van der Waals surface area contributed by atoms with Crippen LogP contribution >= 0.6 is 0 Å². The number of nitrogens with two attached hydrogens (primary N) is 1. The first-order chi connectivity index (χ1) is 16.1. The molecular formula is C25H28F2N4O3. The third kappa shape index (κ3) is 4.11. The van der Waals surface area contributed by atoms with Crippen LogP contribution in [-0.2, 0) is 6.54 Å². The second kappa shape index (κ2) is 9.06. The molecule has 1 saturated heterocycles. The van der Waals surface area contributed by atoms with Gasteiger partial charge in [0.25, 0.3) is 11.5 Å². The highest BCUT2D eigenvalue weighted by Gasteiger charge is 2.25. The van der Waals surface area contributed by atoms with Gasteiger partial charge in [-0.05, 0) is 42.3 Å². The van der Waals surface area contributed by atoms with Crippen molar-refractivity contribution >= 4 is 22.5 Å². The van der Waals surface area contributed by atoms with E-state index in [2.05, 4.69) is 4.90 Å². The van der Waals surface area contributed by atoms with Crippen molar-refractivity contribution in [2.45, 2.75) is 20.4 Å². The molecule has 1 fully saturated rings. The predicted octanol–water partition coefficient (Wildman–Crippen LogP) is 3.16. The summed E-state index contributed by atoms with van der Waals surface area (Å²) in [5.74, 6) is -3.05. The van der Waals surface area contributed by atoms with Gasteiger partial charge in [-0.1, -0.05) is 26.0 Å². The van der Waals surface area contributed by atoms with Gasteiger partial charge in [0.1, 0.15) is 28.6 Å². The van der Waals surface area contributed by atoms with Crippen molar-refractivity contribution in [1.82, 2.24) is 9.47 Å². The molecule has 1 aliphatic heterocycles. The van der Waals surface area contributed by atoms with Gasteiger partial charge in [-0.3, -0.25) is 9.59 Å². The van der Waals surface area contributed by atoms with Crippen LogP contribution in [0.1, 0.15) is 24.2 Å². The van der Waals surface area contributed by atoms with E-state index in [1.54, 1.807) is 23.1 Å². The molecular weight excluding hydrogens is 442 g/mol. The van der Waals surface area contributed by atoms with Crippen LogP contribution in [0.15, 0.2) is 35.1 Å². The van der Waals surface area contributed by atoms with E-state index in [0.29, 0.717) is 31.7 Å². The molecule has 1 amide bonds. The van der Waals surface area contributed by atoms with Crippen molar-refractivity contribution < 1.29 is 18.7 Å². The summed E-state index contributed by atoms with van der Waals surface area (Å²) in [6.07, 6.45) is 0. The molecule has 4 rings (SSSR count). The molecule has 0 aliphatic carbocycles. The Morgan fingerprint density at radius 1 is 1.12 bits per heavy atom. The van der Waals surface area contributed by atoms with Gasteiger partial charge in [0.2, 0.25) is 0 Å². The standard InChI is InChI=1S/C25H28F2N4O3/c1-14(2)13-31-19-6-4-5-16(20(19)23(32)21(24(28)33)25(31)34)15-11-17(26)22(18(27)12-15)30-9-7-29(3)8-10-30/h4-6,11-12,14,32H,7-10,13H2,1-3H3,(H2,28,33). The quantitative estimate of drug-likeness (QED) is 0.598. The first-order valence-electron chi connectivity index (χ1n) is 11.2. The number of amides is 1. The van der Waals surface area contributed by atoms with E-state index < -0.39 is 34.4 Å². The third-order valence-electron chi connectivity index (χ3n) is 6.21. The van der Waals surface area contributed by atoms with E-state index in [1.807, 2.05) is 20.9 Å². The molecule has 7 nitrogen and oxygen atoms in total. The Labute approximate surface area is 196 Å². The average Bonchev–Trinajstić information content (AvgIpc) is 2.76. The fraction of sp³-hybridized carbons (Fsp3) is 0.360. The van der Waals surface area contributed by atoms with Crippen LogP contribution in [0.2, 0.25) is 0 Å². The minimum absolute atomic E-state index is 0.0487. The highest BCUT2D eigenvalue weighted by molar-refractivity contribution is 6.06. The number of primary amides is 1. The molecule has 0 atom stereocenters. The van der Waals surface area contributed by atoms with Gasteiger partial charge in [0, 0.05) is 38.1 Å². The van der Waals surface area contributed by atoms with Crippen LogP contribution in [0.5, 0.6) is 5.75 Å². The number of nitrogens with zero attached hydrogens (tertiary/aromatic N) is 3. The fourth-order valence-electron chi connectivity index (χ4n) is 4.55. The summed E-state index contributed by atoms with van der Waals surface area (Å²) in [5, 5.41) is 11.1. The number of aromatic nitrogens is 1. The molecule has 2 aromatic carbocycles. The number of carbonyl (C=O) groups is 1. The van der Waals surface area contributed by atoms with Crippen LogP contribution in [0, 0.1) is 17.6 Å². The molecule has 1 aliphatic rings. The van der Waals surface area contributed by atoms with Crippen molar-refractivity contribution in [1.29, 1.82) is 0 Å². The summed E-state index contributed by atoms with van der Waals surface area (Å²) in [6.45, 7) is 6.47.